The average Bonchev–Trinajstić information content (AvgIpc) is 2.44. The molecule has 1 aromatic heterocycles. The average molecular weight is 259 g/mol. The number of carbonyl (C=O) groups is 1. The van der Waals surface area contributed by atoms with E-state index in [2.05, 4.69) is 15.3 Å². The molecule has 0 radical (unpaired) electrons. The van der Waals surface area contributed by atoms with Gasteiger partial charge in [0, 0.05) is 30.6 Å². The van der Waals surface area contributed by atoms with Gasteiger partial charge in [-0.25, -0.2) is 0 Å². The molecule has 0 aliphatic carbocycles. The zero-order valence-corrected chi connectivity index (χ0v) is 10.8. The maximum Gasteiger partial charge on any atom is 0.251 e. The van der Waals surface area contributed by atoms with Crippen molar-refractivity contribution in [1.82, 2.24) is 15.3 Å². The van der Waals surface area contributed by atoms with Crippen LogP contribution in [0.1, 0.15) is 30.1 Å². The zero-order chi connectivity index (χ0) is 13.7. The van der Waals surface area contributed by atoms with Gasteiger partial charge in [-0.05, 0) is 38.0 Å². The van der Waals surface area contributed by atoms with E-state index < -0.39 is 0 Å². The highest BCUT2D eigenvalue weighted by Crippen LogP contribution is 2.11. The number of nitrogens with one attached hydrogen (secondary N) is 1. The second-order valence-corrected chi connectivity index (χ2v) is 4.50. The minimum atomic E-state index is -0.127. The summed E-state index contributed by atoms with van der Waals surface area (Å²) >= 11 is 0. The molecule has 1 unspecified atom stereocenters. The molecule has 19 heavy (non-hydrogen) atoms. The Hall–Kier alpha value is -2.01. The highest BCUT2D eigenvalue weighted by molar-refractivity contribution is 5.97. The third-order valence-corrected chi connectivity index (χ3v) is 2.90. The van der Waals surface area contributed by atoms with Crippen LogP contribution in [0.2, 0.25) is 0 Å². The molecular weight excluding hydrogens is 242 g/mol. The summed E-state index contributed by atoms with van der Waals surface area (Å²) in [6.45, 7) is 2.07. The summed E-state index contributed by atoms with van der Waals surface area (Å²) in [4.78, 5) is 20.4. The standard InChI is InChI=1S/C14H17N3O2/c1-10(3-2-8-18)17-14(19)11-4-5-12-13(9-11)16-7-6-15-12/h4-7,9-10,18H,2-3,8H2,1H3,(H,17,19). The van der Waals surface area contributed by atoms with Crippen LogP contribution >= 0.6 is 0 Å². The van der Waals surface area contributed by atoms with Crippen molar-refractivity contribution in [3.8, 4) is 0 Å². The van der Waals surface area contributed by atoms with Gasteiger partial charge >= 0.3 is 0 Å². The Labute approximate surface area is 111 Å². The summed E-state index contributed by atoms with van der Waals surface area (Å²) in [6, 6.07) is 5.30. The van der Waals surface area contributed by atoms with Crippen molar-refractivity contribution < 1.29 is 9.90 Å². The van der Waals surface area contributed by atoms with E-state index in [1.165, 1.54) is 0 Å². The van der Waals surface area contributed by atoms with Crippen LogP contribution in [-0.2, 0) is 0 Å². The first-order chi connectivity index (χ1) is 9.20. The van der Waals surface area contributed by atoms with Crippen molar-refractivity contribution in [3.63, 3.8) is 0 Å². The zero-order valence-electron chi connectivity index (χ0n) is 10.8. The van der Waals surface area contributed by atoms with Crippen molar-refractivity contribution in [2.24, 2.45) is 0 Å². The highest BCUT2D eigenvalue weighted by Gasteiger charge is 2.10. The molecule has 1 aromatic carbocycles. The van der Waals surface area contributed by atoms with E-state index in [4.69, 9.17) is 5.11 Å². The Morgan fingerprint density at radius 1 is 1.32 bits per heavy atom. The number of hydrogen-bond acceptors (Lipinski definition) is 4. The lowest BCUT2D eigenvalue weighted by Gasteiger charge is -2.13. The van der Waals surface area contributed by atoms with Crippen LogP contribution in [0.25, 0.3) is 11.0 Å². The quantitative estimate of drug-likeness (QED) is 0.853. The molecule has 0 spiro atoms. The van der Waals surface area contributed by atoms with Crippen LogP contribution in [0.5, 0.6) is 0 Å². The minimum Gasteiger partial charge on any atom is -0.396 e. The topological polar surface area (TPSA) is 75.1 Å². The van der Waals surface area contributed by atoms with Gasteiger partial charge in [-0.15, -0.1) is 0 Å². The van der Waals surface area contributed by atoms with Crippen LogP contribution in [0.4, 0.5) is 0 Å². The van der Waals surface area contributed by atoms with E-state index in [1.54, 1.807) is 30.6 Å². The number of carbonyl (C=O) groups excluding carboxylic acids is 1. The van der Waals surface area contributed by atoms with Gasteiger partial charge in [-0.3, -0.25) is 14.8 Å². The monoisotopic (exact) mass is 259 g/mol. The predicted octanol–water partition coefficient (Wildman–Crippen LogP) is 1.52. The number of aromatic nitrogens is 2. The minimum absolute atomic E-state index is 0.0391. The van der Waals surface area contributed by atoms with Crippen LogP contribution < -0.4 is 5.32 Å². The first-order valence-corrected chi connectivity index (χ1v) is 6.33. The van der Waals surface area contributed by atoms with E-state index in [9.17, 15) is 4.79 Å². The van der Waals surface area contributed by atoms with Gasteiger partial charge in [0.1, 0.15) is 0 Å². The van der Waals surface area contributed by atoms with E-state index in [0.717, 1.165) is 11.9 Å². The number of nitrogens with zero attached hydrogens (tertiary/aromatic N) is 2. The molecule has 1 atom stereocenters. The van der Waals surface area contributed by atoms with Crippen molar-refractivity contribution >= 4 is 16.9 Å². The van der Waals surface area contributed by atoms with E-state index >= 15 is 0 Å². The molecule has 0 aliphatic heterocycles. The van der Waals surface area contributed by atoms with Crippen LogP contribution in [0, 0.1) is 0 Å². The van der Waals surface area contributed by atoms with Crippen molar-refractivity contribution in [3.05, 3.63) is 36.2 Å². The van der Waals surface area contributed by atoms with Crippen molar-refractivity contribution in [2.75, 3.05) is 6.61 Å². The Morgan fingerprint density at radius 2 is 2.05 bits per heavy atom. The number of amides is 1. The molecule has 2 N–H and O–H groups in total. The normalized spacial score (nSPS) is 12.3. The number of aliphatic hydroxyl groups excluding tert-OH is 1. The SMILES string of the molecule is CC(CCCO)NC(=O)c1ccc2nccnc2c1. The molecule has 0 aliphatic rings. The van der Waals surface area contributed by atoms with Crippen LogP contribution in [-0.4, -0.2) is 33.6 Å². The number of rotatable bonds is 5. The molecule has 1 amide bonds. The first-order valence-electron chi connectivity index (χ1n) is 6.33. The summed E-state index contributed by atoms with van der Waals surface area (Å²) in [5, 5.41) is 11.7. The number of benzene rings is 1. The predicted molar refractivity (Wildman–Crippen MR) is 72.8 cm³/mol. The third-order valence-electron chi connectivity index (χ3n) is 2.90. The molecular formula is C14H17N3O2. The van der Waals surface area contributed by atoms with Crippen molar-refractivity contribution in [2.45, 2.75) is 25.8 Å². The van der Waals surface area contributed by atoms with Gasteiger partial charge in [0.2, 0.25) is 0 Å². The molecule has 0 bridgehead atoms. The van der Waals surface area contributed by atoms with Gasteiger partial charge in [0.25, 0.3) is 5.91 Å². The van der Waals surface area contributed by atoms with Crippen molar-refractivity contribution in [1.29, 1.82) is 0 Å². The maximum atomic E-state index is 12.0. The molecule has 2 rings (SSSR count). The number of aliphatic hydroxyl groups is 1. The fraction of sp³-hybridized carbons (Fsp3) is 0.357. The highest BCUT2D eigenvalue weighted by atomic mass is 16.3. The third kappa shape index (κ3) is 3.48. The second-order valence-electron chi connectivity index (χ2n) is 4.50. The Bertz CT molecular complexity index is 571. The van der Waals surface area contributed by atoms with Crippen LogP contribution in [0.3, 0.4) is 0 Å². The lowest BCUT2D eigenvalue weighted by Crippen LogP contribution is -2.32. The summed E-state index contributed by atoms with van der Waals surface area (Å²) < 4.78 is 0. The van der Waals surface area contributed by atoms with Gasteiger partial charge in [-0.2, -0.15) is 0 Å². The fourth-order valence-corrected chi connectivity index (χ4v) is 1.88. The summed E-state index contributed by atoms with van der Waals surface area (Å²) in [6.07, 6.45) is 4.67. The Morgan fingerprint density at radius 3 is 2.79 bits per heavy atom. The molecule has 5 heteroatoms. The van der Waals surface area contributed by atoms with Gasteiger partial charge in [-0.1, -0.05) is 0 Å². The summed E-state index contributed by atoms with van der Waals surface area (Å²) in [5.41, 5.74) is 2.05. The largest absolute Gasteiger partial charge is 0.396 e. The molecule has 2 aromatic rings. The number of hydrogen-bond donors (Lipinski definition) is 2. The Balaban J connectivity index is 2.08. The first kappa shape index (κ1) is 13.4. The molecule has 0 saturated heterocycles. The van der Waals surface area contributed by atoms with Gasteiger partial charge in [0.15, 0.2) is 0 Å². The lowest BCUT2D eigenvalue weighted by molar-refractivity contribution is 0.0936. The molecule has 5 nitrogen and oxygen atoms in total. The summed E-state index contributed by atoms with van der Waals surface area (Å²) in [5.74, 6) is -0.127. The van der Waals surface area contributed by atoms with Gasteiger partial charge < -0.3 is 10.4 Å². The molecule has 1 heterocycles. The Kier molecular flexibility index (Phi) is 4.41. The van der Waals surface area contributed by atoms with E-state index in [-0.39, 0.29) is 18.6 Å². The lowest BCUT2D eigenvalue weighted by atomic mass is 10.1. The summed E-state index contributed by atoms with van der Waals surface area (Å²) in [7, 11) is 0. The van der Waals surface area contributed by atoms with Crippen LogP contribution in [0.15, 0.2) is 30.6 Å². The molecule has 100 valence electrons. The molecule has 0 fully saturated rings. The fourth-order valence-electron chi connectivity index (χ4n) is 1.88. The maximum absolute atomic E-state index is 12.0. The van der Waals surface area contributed by atoms with E-state index in [0.29, 0.717) is 17.5 Å². The van der Waals surface area contributed by atoms with E-state index in [1.807, 2.05) is 6.92 Å². The van der Waals surface area contributed by atoms with Gasteiger partial charge in [0.05, 0.1) is 11.0 Å². The smallest absolute Gasteiger partial charge is 0.251 e. The second kappa shape index (κ2) is 6.24. The number of fused-ring (bicyclic) bond motifs is 1. The molecule has 0 saturated carbocycles.